The molecule has 0 radical (unpaired) electrons. The van der Waals surface area contributed by atoms with Crippen molar-refractivity contribution in [2.45, 2.75) is 18.2 Å². The van der Waals surface area contributed by atoms with Gasteiger partial charge in [0.05, 0.1) is 22.4 Å². The summed E-state index contributed by atoms with van der Waals surface area (Å²) in [7, 11) is -7.81. The molecule has 4 rings (SSSR count). The average molecular weight is 536 g/mol. The van der Waals surface area contributed by atoms with Crippen molar-refractivity contribution in [2.24, 2.45) is 5.14 Å². The van der Waals surface area contributed by atoms with Gasteiger partial charge in [-0.1, -0.05) is 48.5 Å². The third-order valence-electron chi connectivity index (χ3n) is 4.71. The first kappa shape index (κ1) is 24.5. The van der Waals surface area contributed by atoms with Gasteiger partial charge in [0.25, 0.3) is 0 Å². The fourth-order valence-corrected chi connectivity index (χ4v) is 6.69. The molecule has 0 saturated carbocycles. The molecule has 4 aromatic rings. The number of aromatic nitrogens is 1. The van der Waals surface area contributed by atoms with Crippen LogP contribution in [0.2, 0.25) is 0 Å². The smallest absolute Gasteiger partial charge is 0.371 e. The van der Waals surface area contributed by atoms with E-state index in [-0.39, 0.29) is 11.5 Å². The number of nitrogens with zero attached hydrogens (tertiary/aromatic N) is 1. The minimum Gasteiger partial charge on any atom is -0.371 e. The van der Waals surface area contributed by atoms with Crippen LogP contribution < -0.4 is 14.0 Å². The van der Waals surface area contributed by atoms with Crippen LogP contribution >= 0.6 is 22.7 Å². The van der Waals surface area contributed by atoms with Crippen molar-refractivity contribution >= 4 is 43.0 Å². The van der Waals surface area contributed by atoms with Gasteiger partial charge < -0.3 is 4.18 Å². The number of thiophene rings is 1. The molecule has 1 unspecified atom stereocenters. The van der Waals surface area contributed by atoms with Gasteiger partial charge in [-0.3, -0.25) is 0 Å². The molecule has 0 bridgehead atoms. The second-order valence-electron chi connectivity index (χ2n) is 7.39. The van der Waals surface area contributed by atoms with E-state index in [1.165, 1.54) is 23.5 Å². The maximum atomic E-state index is 13.0. The molecule has 0 spiro atoms. The Morgan fingerprint density at radius 1 is 0.912 bits per heavy atom. The van der Waals surface area contributed by atoms with E-state index >= 15 is 0 Å². The van der Waals surface area contributed by atoms with Gasteiger partial charge in [-0.05, 0) is 41.1 Å². The van der Waals surface area contributed by atoms with E-state index < -0.39 is 26.4 Å². The lowest BCUT2D eigenvalue weighted by Crippen LogP contribution is -2.31. The van der Waals surface area contributed by atoms with Crippen molar-refractivity contribution in [2.75, 3.05) is 0 Å². The van der Waals surface area contributed by atoms with Gasteiger partial charge in [-0.25, -0.2) is 18.1 Å². The largest absolute Gasteiger partial charge is 0.380 e. The van der Waals surface area contributed by atoms with Crippen molar-refractivity contribution in [3.63, 3.8) is 0 Å². The van der Waals surface area contributed by atoms with Crippen molar-refractivity contribution in [1.29, 1.82) is 0 Å². The lowest BCUT2D eigenvalue weighted by molar-refractivity contribution is 0.487. The first-order chi connectivity index (χ1) is 16.2. The van der Waals surface area contributed by atoms with E-state index in [4.69, 9.17) is 5.14 Å². The van der Waals surface area contributed by atoms with Gasteiger partial charge in [-0.15, -0.1) is 22.7 Å². The summed E-state index contributed by atoms with van der Waals surface area (Å²) in [4.78, 5) is 5.69. The fourth-order valence-electron chi connectivity index (χ4n) is 3.27. The van der Waals surface area contributed by atoms with Gasteiger partial charge in [0, 0.05) is 5.38 Å². The summed E-state index contributed by atoms with van der Waals surface area (Å²) in [5.41, 5.74) is 2.05. The summed E-state index contributed by atoms with van der Waals surface area (Å²) in [6.45, 7) is 0. The van der Waals surface area contributed by atoms with E-state index in [2.05, 4.69) is 13.9 Å². The third-order valence-corrected chi connectivity index (χ3v) is 8.39. The van der Waals surface area contributed by atoms with E-state index in [0.717, 1.165) is 15.4 Å². The number of nitrogens with two attached hydrogens (primary N) is 1. The van der Waals surface area contributed by atoms with E-state index in [1.54, 1.807) is 47.7 Å². The Hall–Kier alpha value is -2.61. The van der Waals surface area contributed by atoms with Crippen molar-refractivity contribution in [3.05, 3.63) is 94.3 Å². The Labute approximate surface area is 206 Å². The summed E-state index contributed by atoms with van der Waals surface area (Å²) in [6, 6.07) is 18.5. The Bertz CT molecular complexity index is 1430. The lowest BCUT2D eigenvalue weighted by Gasteiger charge is -2.18. The highest BCUT2D eigenvalue weighted by Gasteiger charge is 2.23. The standard InChI is InChI=1S/C22H21N3O5S4/c23-34(28,29)30-18-10-8-16(9-11-18)13-19(20-14-32-22(24-20)21-7-4-12-31-21)25-33(26,27)15-17-5-2-1-3-6-17/h1-12,14,19,25H,13,15H2,(H2,23,28,29). The van der Waals surface area contributed by atoms with Crippen LogP contribution in [-0.2, 0) is 32.5 Å². The Balaban J connectivity index is 1.59. The molecule has 178 valence electrons. The zero-order valence-corrected chi connectivity index (χ0v) is 21.0. The predicted molar refractivity (Wildman–Crippen MR) is 134 cm³/mol. The number of hydrogen-bond acceptors (Lipinski definition) is 8. The molecular formula is C22H21N3O5S4. The third kappa shape index (κ3) is 6.95. The predicted octanol–water partition coefficient (Wildman–Crippen LogP) is 3.86. The Morgan fingerprint density at radius 2 is 1.65 bits per heavy atom. The second-order valence-corrected chi connectivity index (χ2v) is 12.1. The van der Waals surface area contributed by atoms with Gasteiger partial charge >= 0.3 is 10.3 Å². The normalized spacial score (nSPS) is 13.0. The zero-order chi connectivity index (χ0) is 24.2. The van der Waals surface area contributed by atoms with Gasteiger partial charge in [-0.2, -0.15) is 13.6 Å². The van der Waals surface area contributed by atoms with E-state index in [1.807, 2.05) is 29.0 Å². The SMILES string of the molecule is NS(=O)(=O)Oc1ccc(CC(NS(=O)(=O)Cc2ccccc2)c2csc(-c3cccs3)n2)cc1. The number of nitrogens with one attached hydrogen (secondary N) is 1. The van der Waals surface area contributed by atoms with Crippen molar-refractivity contribution in [3.8, 4) is 15.6 Å². The van der Waals surface area contributed by atoms with E-state index in [0.29, 0.717) is 17.7 Å². The average Bonchev–Trinajstić information content (AvgIpc) is 3.46. The Kier molecular flexibility index (Phi) is 7.45. The highest BCUT2D eigenvalue weighted by atomic mass is 32.2. The molecule has 2 aromatic carbocycles. The monoisotopic (exact) mass is 535 g/mol. The molecule has 2 aromatic heterocycles. The molecule has 0 aliphatic rings. The van der Waals surface area contributed by atoms with Crippen LogP contribution in [0.25, 0.3) is 9.88 Å². The number of thiazole rings is 1. The van der Waals surface area contributed by atoms with Crippen LogP contribution in [0.1, 0.15) is 22.9 Å². The number of hydrogen-bond donors (Lipinski definition) is 2. The first-order valence-electron chi connectivity index (χ1n) is 10.0. The summed E-state index contributed by atoms with van der Waals surface area (Å²) in [6.07, 6.45) is 0.303. The molecule has 2 heterocycles. The van der Waals surface area contributed by atoms with Gasteiger partial charge in [0.1, 0.15) is 10.8 Å². The highest BCUT2D eigenvalue weighted by Crippen LogP contribution is 2.31. The minimum atomic E-state index is -4.13. The van der Waals surface area contributed by atoms with Crippen LogP contribution in [0.5, 0.6) is 5.75 Å². The molecular weight excluding hydrogens is 515 g/mol. The highest BCUT2D eigenvalue weighted by molar-refractivity contribution is 7.88. The van der Waals surface area contributed by atoms with Gasteiger partial charge in [0.2, 0.25) is 10.0 Å². The Morgan fingerprint density at radius 3 is 2.29 bits per heavy atom. The summed E-state index contributed by atoms with van der Waals surface area (Å²) < 4.78 is 55.7. The molecule has 0 saturated heterocycles. The second kappa shape index (κ2) is 10.3. The van der Waals surface area contributed by atoms with Crippen LogP contribution in [0.3, 0.4) is 0 Å². The maximum Gasteiger partial charge on any atom is 0.380 e. The molecule has 0 aliphatic heterocycles. The molecule has 1 atom stereocenters. The lowest BCUT2D eigenvalue weighted by atomic mass is 10.0. The molecule has 8 nitrogen and oxygen atoms in total. The first-order valence-corrected chi connectivity index (χ1v) is 14.9. The van der Waals surface area contributed by atoms with Crippen molar-refractivity contribution in [1.82, 2.24) is 9.71 Å². The zero-order valence-electron chi connectivity index (χ0n) is 17.7. The van der Waals surface area contributed by atoms with Crippen LogP contribution in [0.15, 0.2) is 77.5 Å². The number of sulfonamides is 1. The van der Waals surface area contributed by atoms with Gasteiger partial charge in [0.15, 0.2) is 0 Å². The molecule has 0 amide bonds. The topological polar surface area (TPSA) is 128 Å². The van der Waals surface area contributed by atoms with Crippen LogP contribution in [0.4, 0.5) is 0 Å². The quantitative estimate of drug-likeness (QED) is 0.317. The molecule has 0 fully saturated rings. The molecule has 0 aliphatic carbocycles. The van der Waals surface area contributed by atoms with E-state index in [9.17, 15) is 16.8 Å². The summed E-state index contributed by atoms with van der Waals surface area (Å²) >= 11 is 3.01. The molecule has 34 heavy (non-hydrogen) atoms. The maximum absolute atomic E-state index is 13.0. The molecule has 12 heteroatoms. The fraction of sp³-hybridized carbons (Fsp3) is 0.136. The number of rotatable bonds is 10. The van der Waals surface area contributed by atoms with Crippen molar-refractivity contribution < 1.29 is 21.0 Å². The van der Waals surface area contributed by atoms with Crippen LogP contribution in [-0.4, -0.2) is 21.8 Å². The number of benzene rings is 2. The summed E-state index contributed by atoms with van der Waals surface area (Å²) in [5.74, 6) is -0.0889. The summed E-state index contributed by atoms with van der Waals surface area (Å²) in [5, 5.41) is 9.53. The van der Waals surface area contributed by atoms with Crippen LogP contribution in [0, 0.1) is 0 Å². The molecule has 3 N–H and O–H groups in total. The minimum absolute atomic E-state index is 0.0705.